The Hall–Kier alpha value is -0.950. The summed E-state index contributed by atoms with van der Waals surface area (Å²) in [4.78, 5) is 3.80. The van der Waals surface area contributed by atoms with Gasteiger partial charge in [0.05, 0.1) is 12.9 Å². The van der Waals surface area contributed by atoms with Crippen molar-refractivity contribution >= 4 is 0 Å². The number of nitrogens with zero attached hydrogens (tertiary/aromatic N) is 2. The van der Waals surface area contributed by atoms with Crippen molar-refractivity contribution in [2.24, 2.45) is 0 Å². The van der Waals surface area contributed by atoms with Crippen LogP contribution in [-0.4, -0.2) is 49.8 Å². The Balaban J connectivity index is 2.14. The standard InChI is InChI=1S/C8H12N2O4/c11-5-3-14-8(7(13)6(5)12)10-2-1-9-4-10/h1-2,4-8,11-13H,3H2/t5-,6+,7-,8?/m1/s1. The Morgan fingerprint density at radius 2 is 2.07 bits per heavy atom. The molecule has 14 heavy (non-hydrogen) atoms. The first-order valence-corrected chi connectivity index (χ1v) is 4.33. The smallest absolute Gasteiger partial charge is 0.163 e. The molecule has 0 radical (unpaired) electrons. The van der Waals surface area contributed by atoms with Crippen LogP contribution < -0.4 is 0 Å². The third-order valence-corrected chi connectivity index (χ3v) is 2.29. The fraction of sp³-hybridized carbons (Fsp3) is 0.625. The molecule has 0 aliphatic carbocycles. The molecule has 1 unspecified atom stereocenters. The Kier molecular flexibility index (Phi) is 2.51. The van der Waals surface area contributed by atoms with E-state index in [-0.39, 0.29) is 6.61 Å². The number of hydrogen-bond acceptors (Lipinski definition) is 5. The first kappa shape index (κ1) is 9.60. The van der Waals surface area contributed by atoms with E-state index in [9.17, 15) is 15.3 Å². The summed E-state index contributed by atoms with van der Waals surface area (Å²) in [5, 5.41) is 28.2. The van der Waals surface area contributed by atoms with Gasteiger partial charge in [-0.2, -0.15) is 0 Å². The highest BCUT2D eigenvalue weighted by atomic mass is 16.5. The van der Waals surface area contributed by atoms with E-state index in [4.69, 9.17) is 4.74 Å². The van der Waals surface area contributed by atoms with Crippen LogP contribution in [-0.2, 0) is 4.74 Å². The lowest BCUT2D eigenvalue weighted by molar-refractivity contribution is -0.210. The van der Waals surface area contributed by atoms with E-state index in [0.717, 1.165) is 0 Å². The Morgan fingerprint density at radius 1 is 1.29 bits per heavy atom. The van der Waals surface area contributed by atoms with Gasteiger partial charge in [0.1, 0.15) is 18.3 Å². The second-order valence-electron chi connectivity index (χ2n) is 3.28. The molecule has 2 heterocycles. The summed E-state index contributed by atoms with van der Waals surface area (Å²) in [7, 11) is 0. The van der Waals surface area contributed by atoms with Gasteiger partial charge in [0, 0.05) is 12.4 Å². The van der Waals surface area contributed by atoms with E-state index in [1.54, 1.807) is 17.0 Å². The number of aromatic nitrogens is 2. The minimum atomic E-state index is -1.18. The summed E-state index contributed by atoms with van der Waals surface area (Å²) >= 11 is 0. The van der Waals surface area contributed by atoms with Gasteiger partial charge in [-0.15, -0.1) is 0 Å². The quantitative estimate of drug-likeness (QED) is 0.513. The van der Waals surface area contributed by atoms with Crippen LogP contribution in [0.2, 0.25) is 0 Å². The third kappa shape index (κ3) is 1.53. The van der Waals surface area contributed by atoms with Crippen molar-refractivity contribution in [1.29, 1.82) is 0 Å². The lowest BCUT2D eigenvalue weighted by Crippen LogP contribution is -2.50. The lowest BCUT2D eigenvalue weighted by Gasteiger charge is -2.35. The van der Waals surface area contributed by atoms with Crippen LogP contribution in [0.3, 0.4) is 0 Å². The van der Waals surface area contributed by atoms with Gasteiger partial charge < -0.3 is 24.6 Å². The topological polar surface area (TPSA) is 87.7 Å². The van der Waals surface area contributed by atoms with Crippen LogP contribution in [0, 0.1) is 0 Å². The molecule has 4 atom stereocenters. The second-order valence-corrected chi connectivity index (χ2v) is 3.28. The van der Waals surface area contributed by atoms with Gasteiger partial charge >= 0.3 is 0 Å². The van der Waals surface area contributed by atoms with Gasteiger partial charge in [-0.05, 0) is 0 Å². The van der Waals surface area contributed by atoms with Crippen molar-refractivity contribution in [3.8, 4) is 0 Å². The van der Waals surface area contributed by atoms with Gasteiger partial charge in [0.2, 0.25) is 0 Å². The van der Waals surface area contributed by atoms with E-state index >= 15 is 0 Å². The second kappa shape index (κ2) is 3.66. The number of hydrogen-bond donors (Lipinski definition) is 3. The molecule has 0 saturated carbocycles. The number of aliphatic hydroxyl groups excluding tert-OH is 3. The highest BCUT2D eigenvalue weighted by Crippen LogP contribution is 2.23. The summed E-state index contributed by atoms with van der Waals surface area (Å²) < 4.78 is 6.72. The highest BCUT2D eigenvalue weighted by Gasteiger charge is 2.38. The molecule has 1 aromatic heterocycles. The maximum atomic E-state index is 9.60. The third-order valence-electron chi connectivity index (χ3n) is 2.29. The molecule has 2 rings (SSSR count). The van der Waals surface area contributed by atoms with Gasteiger partial charge in [0.15, 0.2) is 6.23 Å². The molecule has 0 bridgehead atoms. The minimum absolute atomic E-state index is 0.00106. The van der Waals surface area contributed by atoms with Crippen molar-refractivity contribution in [2.45, 2.75) is 24.5 Å². The summed E-state index contributed by atoms with van der Waals surface area (Å²) in [6.07, 6.45) is 0.606. The van der Waals surface area contributed by atoms with E-state index in [2.05, 4.69) is 4.98 Å². The first-order chi connectivity index (χ1) is 6.70. The molecule has 0 aromatic carbocycles. The van der Waals surface area contributed by atoms with Crippen LogP contribution in [0.4, 0.5) is 0 Å². The lowest BCUT2D eigenvalue weighted by atomic mass is 10.0. The Morgan fingerprint density at radius 3 is 2.71 bits per heavy atom. The number of aliphatic hydroxyl groups is 3. The zero-order valence-corrected chi connectivity index (χ0v) is 7.39. The molecule has 1 aromatic rings. The number of ether oxygens (including phenoxy) is 1. The zero-order valence-electron chi connectivity index (χ0n) is 7.39. The average molecular weight is 200 g/mol. The average Bonchev–Trinajstić information content (AvgIpc) is 2.67. The molecule has 1 fully saturated rings. The van der Waals surface area contributed by atoms with Crippen LogP contribution in [0.5, 0.6) is 0 Å². The highest BCUT2D eigenvalue weighted by molar-refractivity contribution is 4.88. The van der Waals surface area contributed by atoms with Crippen LogP contribution in [0.1, 0.15) is 6.23 Å². The SMILES string of the molecule is O[C@H]1[C@H](O)COC(n2ccnc2)[C@@H]1O. The van der Waals surface area contributed by atoms with Crippen LogP contribution in [0.15, 0.2) is 18.7 Å². The van der Waals surface area contributed by atoms with Crippen molar-refractivity contribution in [2.75, 3.05) is 6.61 Å². The summed E-state index contributed by atoms with van der Waals surface area (Å²) in [5.41, 5.74) is 0. The number of imidazole rings is 1. The predicted molar refractivity (Wildman–Crippen MR) is 45.2 cm³/mol. The normalized spacial score (nSPS) is 38.5. The van der Waals surface area contributed by atoms with Crippen LogP contribution >= 0.6 is 0 Å². The molecule has 6 heteroatoms. The molecule has 1 aliphatic heterocycles. The summed E-state index contributed by atoms with van der Waals surface area (Å²) in [6.45, 7) is 0.00106. The van der Waals surface area contributed by atoms with E-state index in [1.807, 2.05) is 0 Å². The van der Waals surface area contributed by atoms with Crippen molar-refractivity contribution in [3.63, 3.8) is 0 Å². The maximum absolute atomic E-state index is 9.60. The molecule has 1 aliphatic rings. The van der Waals surface area contributed by atoms with Crippen LogP contribution in [0.25, 0.3) is 0 Å². The van der Waals surface area contributed by atoms with Gasteiger partial charge in [0.25, 0.3) is 0 Å². The monoisotopic (exact) mass is 200 g/mol. The largest absolute Gasteiger partial charge is 0.388 e. The van der Waals surface area contributed by atoms with Gasteiger partial charge in [-0.3, -0.25) is 0 Å². The summed E-state index contributed by atoms with van der Waals surface area (Å²) in [6, 6.07) is 0. The minimum Gasteiger partial charge on any atom is -0.388 e. The zero-order chi connectivity index (χ0) is 10.1. The molecular weight excluding hydrogens is 188 g/mol. The molecule has 3 N–H and O–H groups in total. The van der Waals surface area contributed by atoms with Gasteiger partial charge in [-0.1, -0.05) is 0 Å². The van der Waals surface area contributed by atoms with Crippen molar-refractivity contribution in [3.05, 3.63) is 18.7 Å². The van der Waals surface area contributed by atoms with Crippen molar-refractivity contribution < 1.29 is 20.1 Å². The molecule has 0 amide bonds. The predicted octanol–water partition coefficient (Wildman–Crippen LogP) is -1.51. The fourth-order valence-electron chi connectivity index (χ4n) is 1.47. The molecular formula is C8H12N2O4. The Bertz CT molecular complexity index is 290. The fourth-order valence-corrected chi connectivity index (χ4v) is 1.47. The molecule has 78 valence electrons. The molecule has 1 saturated heterocycles. The van der Waals surface area contributed by atoms with Gasteiger partial charge in [-0.25, -0.2) is 4.98 Å². The first-order valence-electron chi connectivity index (χ1n) is 4.33. The van der Waals surface area contributed by atoms with E-state index in [0.29, 0.717) is 0 Å². The van der Waals surface area contributed by atoms with E-state index < -0.39 is 24.5 Å². The maximum Gasteiger partial charge on any atom is 0.163 e. The van der Waals surface area contributed by atoms with Crippen molar-refractivity contribution in [1.82, 2.24) is 9.55 Å². The molecule has 0 spiro atoms. The Labute approximate surface area is 80.4 Å². The molecule has 6 nitrogen and oxygen atoms in total. The summed E-state index contributed by atoms with van der Waals surface area (Å²) in [5.74, 6) is 0. The number of rotatable bonds is 1. The van der Waals surface area contributed by atoms with E-state index in [1.165, 1.54) is 6.33 Å².